The number of hydrogen-bond donors (Lipinski definition) is 0. The molecule has 19 heavy (non-hydrogen) atoms. The molecule has 2 aliphatic rings. The van der Waals surface area contributed by atoms with Crippen molar-refractivity contribution in [2.45, 2.75) is 51.0 Å². The lowest BCUT2D eigenvalue weighted by Gasteiger charge is -2.33. The molecule has 2 unspecified atom stereocenters. The van der Waals surface area contributed by atoms with E-state index < -0.39 is 9.84 Å². The third-order valence-electron chi connectivity index (χ3n) is 4.44. The van der Waals surface area contributed by atoms with E-state index in [0.717, 1.165) is 45.2 Å². The van der Waals surface area contributed by atoms with Gasteiger partial charge in [-0.2, -0.15) is 0 Å². The van der Waals surface area contributed by atoms with Crippen LogP contribution in [0, 0.1) is 5.92 Å². The maximum atomic E-state index is 12.0. The molecule has 0 radical (unpaired) electrons. The number of sulfone groups is 1. The number of nitrogens with zero attached hydrogens (tertiary/aromatic N) is 1. The van der Waals surface area contributed by atoms with Crippen molar-refractivity contribution in [1.82, 2.24) is 4.90 Å². The molecular formula is C14H25NO3S. The molecule has 1 saturated heterocycles. The number of ketones is 1. The van der Waals surface area contributed by atoms with Crippen LogP contribution in [0.2, 0.25) is 0 Å². The molecule has 0 N–H and O–H groups in total. The normalized spacial score (nSPS) is 29.8. The van der Waals surface area contributed by atoms with E-state index in [4.69, 9.17) is 0 Å². The van der Waals surface area contributed by atoms with E-state index in [-0.39, 0.29) is 11.7 Å². The molecular weight excluding hydrogens is 262 g/mol. The minimum absolute atomic E-state index is 0.217. The van der Waals surface area contributed by atoms with Crippen LogP contribution in [0.5, 0.6) is 0 Å². The molecule has 2 atom stereocenters. The summed E-state index contributed by atoms with van der Waals surface area (Å²) in [6.45, 7) is 1.85. The van der Waals surface area contributed by atoms with Gasteiger partial charge in [0.2, 0.25) is 0 Å². The molecule has 110 valence electrons. The van der Waals surface area contributed by atoms with Crippen LogP contribution in [0.25, 0.3) is 0 Å². The molecule has 4 nitrogen and oxygen atoms in total. The zero-order valence-electron chi connectivity index (χ0n) is 11.8. The molecule has 1 aliphatic carbocycles. The Morgan fingerprint density at radius 1 is 1.21 bits per heavy atom. The molecule has 1 aliphatic heterocycles. The Bertz CT molecular complexity index is 418. The second kappa shape index (κ2) is 6.35. The van der Waals surface area contributed by atoms with Crippen LogP contribution in [0.3, 0.4) is 0 Å². The van der Waals surface area contributed by atoms with Crippen molar-refractivity contribution in [1.29, 1.82) is 0 Å². The Labute approximate surface area is 116 Å². The van der Waals surface area contributed by atoms with Gasteiger partial charge in [0.1, 0.15) is 15.6 Å². The number of Topliss-reactive ketones (excluding diaryl/α,β-unsaturated/α-hetero) is 1. The van der Waals surface area contributed by atoms with E-state index in [1.165, 1.54) is 12.7 Å². The highest BCUT2D eigenvalue weighted by atomic mass is 32.2. The van der Waals surface area contributed by atoms with Gasteiger partial charge in [-0.25, -0.2) is 8.42 Å². The maximum absolute atomic E-state index is 12.0. The van der Waals surface area contributed by atoms with E-state index in [2.05, 4.69) is 4.90 Å². The summed E-state index contributed by atoms with van der Waals surface area (Å²) in [6.07, 6.45) is 8.24. The average Bonchev–Trinajstić information content (AvgIpc) is 2.76. The molecule has 2 rings (SSSR count). The Kier molecular flexibility index (Phi) is 5.01. The monoisotopic (exact) mass is 287 g/mol. The Balaban J connectivity index is 1.87. The lowest BCUT2D eigenvalue weighted by atomic mass is 9.82. The summed E-state index contributed by atoms with van der Waals surface area (Å²) in [5.74, 6) is 0.912. The lowest BCUT2D eigenvalue weighted by molar-refractivity contribution is -0.126. The summed E-state index contributed by atoms with van der Waals surface area (Å²) in [6, 6.07) is 0.382. The van der Waals surface area contributed by atoms with Gasteiger partial charge in [0.05, 0.1) is 5.75 Å². The topological polar surface area (TPSA) is 54.5 Å². The third kappa shape index (κ3) is 4.28. The minimum atomic E-state index is -2.86. The lowest BCUT2D eigenvalue weighted by Crippen LogP contribution is -2.41. The van der Waals surface area contributed by atoms with Gasteiger partial charge < -0.3 is 0 Å². The summed E-state index contributed by atoms with van der Waals surface area (Å²) in [5, 5.41) is 0. The molecule has 0 bridgehead atoms. The van der Waals surface area contributed by atoms with Gasteiger partial charge in [0, 0.05) is 24.6 Å². The number of rotatable bonds is 5. The number of carbonyl (C=O) groups excluding carboxylic acids is 1. The Hall–Kier alpha value is -0.420. The molecule has 1 saturated carbocycles. The Morgan fingerprint density at radius 3 is 2.68 bits per heavy atom. The number of carbonyl (C=O) groups is 1. The van der Waals surface area contributed by atoms with E-state index in [0.29, 0.717) is 18.2 Å². The molecule has 0 amide bonds. The largest absolute Gasteiger partial charge is 0.300 e. The Morgan fingerprint density at radius 2 is 2.00 bits per heavy atom. The van der Waals surface area contributed by atoms with Crippen LogP contribution in [0.4, 0.5) is 0 Å². The number of likely N-dealkylation sites (tertiary alicyclic amines) is 1. The molecule has 0 spiro atoms. The van der Waals surface area contributed by atoms with Crippen molar-refractivity contribution < 1.29 is 13.2 Å². The van der Waals surface area contributed by atoms with Crippen LogP contribution in [-0.2, 0) is 14.6 Å². The third-order valence-corrected chi connectivity index (χ3v) is 5.47. The first kappa shape index (κ1) is 15.0. The highest BCUT2D eigenvalue weighted by molar-refractivity contribution is 7.90. The summed E-state index contributed by atoms with van der Waals surface area (Å²) < 4.78 is 22.3. The standard InChI is InChI=1S/C14H25NO3S/c1-19(17,18)11-5-10-15-9-4-7-13(15)12-6-2-3-8-14(12)16/h12-13H,2-11H2,1H3. The van der Waals surface area contributed by atoms with Crippen molar-refractivity contribution in [3.8, 4) is 0 Å². The first-order chi connectivity index (χ1) is 8.97. The zero-order valence-corrected chi connectivity index (χ0v) is 12.6. The fraction of sp³-hybridized carbons (Fsp3) is 0.929. The van der Waals surface area contributed by atoms with Gasteiger partial charge in [0.25, 0.3) is 0 Å². The van der Waals surface area contributed by atoms with Gasteiger partial charge in [-0.1, -0.05) is 6.42 Å². The second-order valence-electron chi connectivity index (χ2n) is 6.05. The van der Waals surface area contributed by atoms with Crippen LogP contribution >= 0.6 is 0 Å². The van der Waals surface area contributed by atoms with Crippen molar-refractivity contribution in [2.24, 2.45) is 5.92 Å². The molecule has 0 aromatic heterocycles. The minimum Gasteiger partial charge on any atom is -0.300 e. The highest BCUT2D eigenvalue weighted by Gasteiger charge is 2.36. The van der Waals surface area contributed by atoms with Gasteiger partial charge in [-0.3, -0.25) is 9.69 Å². The summed E-state index contributed by atoms with van der Waals surface area (Å²) >= 11 is 0. The molecule has 1 heterocycles. The van der Waals surface area contributed by atoms with Crippen LogP contribution < -0.4 is 0 Å². The van der Waals surface area contributed by atoms with E-state index >= 15 is 0 Å². The fourth-order valence-electron chi connectivity index (χ4n) is 3.53. The fourth-order valence-corrected chi connectivity index (χ4v) is 4.19. The van der Waals surface area contributed by atoms with E-state index in [1.54, 1.807) is 0 Å². The van der Waals surface area contributed by atoms with E-state index in [1.807, 2.05) is 0 Å². The highest BCUT2D eigenvalue weighted by Crippen LogP contribution is 2.32. The summed E-state index contributed by atoms with van der Waals surface area (Å²) in [7, 11) is -2.86. The first-order valence-corrected chi connectivity index (χ1v) is 9.48. The van der Waals surface area contributed by atoms with Gasteiger partial charge in [0.15, 0.2) is 0 Å². The second-order valence-corrected chi connectivity index (χ2v) is 8.31. The molecule has 2 fully saturated rings. The average molecular weight is 287 g/mol. The summed E-state index contributed by atoms with van der Waals surface area (Å²) in [4.78, 5) is 14.4. The predicted octanol–water partition coefficient (Wildman–Crippen LogP) is 1.64. The quantitative estimate of drug-likeness (QED) is 0.771. The van der Waals surface area contributed by atoms with Gasteiger partial charge >= 0.3 is 0 Å². The number of hydrogen-bond acceptors (Lipinski definition) is 4. The predicted molar refractivity (Wildman–Crippen MR) is 75.9 cm³/mol. The molecule has 0 aromatic rings. The van der Waals surface area contributed by atoms with Crippen molar-refractivity contribution in [3.63, 3.8) is 0 Å². The van der Waals surface area contributed by atoms with Gasteiger partial charge in [-0.15, -0.1) is 0 Å². The van der Waals surface area contributed by atoms with Gasteiger partial charge in [-0.05, 0) is 45.2 Å². The van der Waals surface area contributed by atoms with Crippen LogP contribution in [-0.4, -0.2) is 50.2 Å². The van der Waals surface area contributed by atoms with Crippen LogP contribution in [0.15, 0.2) is 0 Å². The maximum Gasteiger partial charge on any atom is 0.147 e. The van der Waals surface area contributed by atoms with Crippen molar-refractivity contribution >= 4 is 15.6 Å². The van der Waals surface area contributed by atoms with Crippen molar-refractivity contribution in [3.05, 3.63) is 0 Å². The summed E-state index contributed by atoms with van der Waals surface area (Å²) in [5.41, 5.74) is 0. The molecule has 0 aromatic carbocycles. The zero-order chi connectivity index (χ0) is 13.9. The van der Waals surface area contributed by atoms with Crippen molar-refractivity contribution in [2.75, 3.05) is 25.1 Å². The smallest absolute Gasteiger partial charge is 0.147 e. The SMILES string of the molecule is CS(=O)(=O)CCCN1CCCC1C1CCCCC1=O. The first-order valence-electron chi connectivity index (χ1n) is 7.42. The van der Waals surface area contributed by atoms with Crippen LogP contribution in [0.1, 0.15) is 44.9 Å². The molecule has 5 heteroatoms. The van der Waals surface area contributed by atoms with E-state index in [9.17, 15) is 13.2 Å².